The van der Waals surface area contributed by atoms with E-state index in [-0.39, 0.29) is 11.8 Å². The largest absolute Gasteiger partial charge is 0.274 e. The van der Waals surface area contributed by atoms with Crippen molar-refractivity contribution in [2.75, 3.05) is 13.6 Å². The van der Waals surface area contributed by atoms with Crippen LogP contribution in [-0.2, 0) is 0 Å². The van der Waals surface area contributed by atoms with Crippen molar-refractivity contribution in [2.24, 2.45) is 0 Å². The molecule has 222 valence electrons. The maximum absolute atomic E-state index is 12.2. The Bertz CT molecular complexity index is 1520. The molecule has 5 rings (SSSR count). The molecule has 0 aliphatic carbocycles. The molecule has 0 N–H and O–H groups in total. The van der Waals surface area contributed by atoms with Gasteiger partial charge in [-0.3, -0.25) is 21.8 Å². The molecule has 0 aliphatic heterocycles. The number of imidazole rings is 2. The van der Waals surface area contributed by atoms with E-state index in [9.17, 15) is 9.59 Å². The van der Waals surface area contributed by atoms with Gasteiger partial charge in [-0.25, -0.2) is 9.97 Å². The molecule has 43 heavy (non-hydrogen) atoms. The second kappa shape index (κ2) is 16.5. The Kier molecular flexibility index (Phi) is 12.8. The normalized spacial score (nSPS) is 10.6. The lowest BCUT2D eigenvalue weighted by molar-refractivity contribution is 0.0929. The fourth-order valence-electron chi connectivity index (χ4n) is 3.91. The zero-order chi connectivity index (χ0) is 31.4. The van der Waals surface area contributed by atoms with Crippen molar-refractivity contribution in [1.82, 2.24) is 22.2 Å². The molecule has 0 spiro atoms. The van der Waals surface area contributed by atoms with Gasteiger partial charge in [0.2, 0.25) is 11.8 Å². The fraction of sp³-hybridized carbons (Fsp3) is 0.200. The Morgan fingerprint density at radius 3 is 1.26 bits per heavy atom. The quantitative estimate of drug-likeness (QED) is 0.105. The van der Waals surface area contributed by atoms with Gasteiger partial charge in [-0.15, -0.1) is 0 Å². The summed E-state index contributed by atoms with van der Waals surface area (Å²) in [5, 5.41) is 0. The van der Waals surface area contributed by atoms with Gasteiger partial charge < -0.3 is 0 Å². The van der Waals surface area contributed by atoms with Gasteiger partial charge in [0.1, 0.15) is 11.6 Å². The molecule has 2 heterocycles. The van der Waals surface area contributed by atoms with E-state index in [2.05, 4.69) is 32.9 Å². The van der Waals surface area contributed by atoms with Crippen molar-refractivity contribution < 1.29 is 9.59 Å². The molecule has 0 aliphatic rings. The van der Waals surface area contributed by atoms with Crippen LogP contribution in [-0.4, -0.2) is 47.6 Å². The van der Waals surface area contributed by atoms with E-state index >= 15 is 0 Å². The molecule has 8 heteroatoms. The summed E-state index contributed by atoms with van der Waals surface area (Å²) in [5.74, 6) is 1.02. The molecule has 0 bridgehead atoms. The summed E-state index contributed by atoms with van der Waals surface area (Å²) >= 11 is 2.24. The number of halogens is 1. The molecular weight excluding hydrogens is 649 g/mol. The van der Waals surface area contributed by atoms with Crippen molar-refractivity contribution in [3.05, 3.63) is 109 Å². The predicted molar refractivity (Wildman–Crippen MR) is 185 cm³/mol. The monoisotopic (exact) mass is 687 g/mol. The summed E-state index contributed by atoms with van der Waals surface area (Å²) in [6, 6.07) is 27.1. The van der Waals surface area contributed by atoms with Gasteiger partial charge in [0.15, 0.2) is 0 Å². The highest BCUT2D eigenvalue weighted by Crippen LogP contribution is 2.29. The summed E-state index contributed by atoms with van der Waals surface area (Å²) < 4.78 is 5.23. The molecule has 0 fully saturated rings. The van der Waals surface area contributed by atoms with Gasteiger partial charge in [-0.1, -0.05) is 104 Å². The lowest BCUT2D eigenvalue weighted by Crippen LogP contribution is -2.05. The van der Waals surface area contributed by atoms with Crippen LogP contribution >= 0.6 is 22.9 Å². The van der Waals surface area contributed by atoms with Gasteiger partial charge in [0, 0.05) is 77.9 Å². The van der Waals surface area contributed by atoms with Crippen LogP contribution in [0.3, 0.4) is 0 Å². The van der Waals surface area contributed by atoms with Crippen molar-refractivity contribution >= 4 is 34.7 Å². The van der Waals surface area contributed by atoms with E-state index in [1.165, 1.54) is 13.8 Å². The van der Waals surface area contributed by atoms with Crippen molar-refractivity contribution in [3.8, 4) is 45.3 Å². The Balaban J connectivity index is 0.000000495. The average molecular weight is 688 g/mol. The number of hydrogen-bond donors (Lipinski definition) is 0. The third kappa shape index (κ3) is 9.17. The summed E-state index contributed by atoms with van der Waals surface area (Å²) in [6.07, 6.45) is 7.52. The smallest absolute Gasteiger partial charge is 0.229 e. The third-order valence-electron chi connectivity index (χ3n) is 6.40. The minimum atomic E-state index is -0.0996. The number of allylic oxidation sites excluding steroid dienone is 2. The lowest BCUT2D eigenvalue weighted by Gasteiger charge is -2.02. The number of carbonyl (C=O) groups is 2. The minimum absolute atomic E-state index is 0.0996. The Morgan fingerprint density at radius 1 is 0.674 bits per heavy atom. The van der Waals surface area contributed by atoms with Crippen LogP contribution in [0.25, 0.3) is 45.3 Å². The fourth-order valence-corrected chi connectivity index (χ4v) is 3.91. The Labute approximate surface area is 268 Å². The van der Waals surface area contributed by atoms with E-state index in [0.29, 0.717) is 23.0 Å². The molecule has 3 aromatic carbocycles. The van der Waals surface area contributed by atoms with Crippen LogP contribution in [0, 0.1) is 0 Å². The van der Waals surface area contributed by atoms with E-state index in [4.69, 9.17) is 9.97 Å². The van der Waals surface area contributed by atoms with E-state index < -0.39 is 0 Å². The van der Waals surface area contributed by atoms with Crippen molar-refractivity contribution in [2.45, 2.75) is 34.6 Å². The van der Waals surface area contributed by atoms with Crippen molar-refractivity contribution in [1.29, 1.82) is 0 Å². The lowest BCUT2D eigenvalue weighted by atomic mass is 10.1. The molecule has 2 aromatic heterocycles. The molecule has 0 saturated carbocycles. The van der Waals surface area contributed by atoms with Crippen LogP contribution in [0.1, 0.15) is 44.2 Å². The second-order valence-electron chi connectivity index (χ2n) is 9.57. The summed E-state index contributed by atoms with van der Waals surface area (Å²) in [6.45, 7) is 10.3. The summed E-state index contributed by atoms with van der Waals surface area (Å²) in [7, 11) is 2.04. The molecule has 0 atom stereocenters. The number of benzene rings is 3. The highest BCUT2D eigenvalue weighted by molar-refractivity contribution is 14.1. The minimum Gasteiger partial charge on any atom is -0.274 e. The Hall–Kier alpha value is -4.15. The molecular formula is C35H38IN5O2. The standard InChI is InChI=1S/C28H22N4O2.C4H8.C3H8IN/c1-19(33)31-17-25(29-27(31)23-9-5-3-6-10-23)21-13-15-22(16-14-21)26-18-32(20(2)34)28(30-26)24-11-7-4-8-12-24;1-3-4-2;1-3-5(2)4/h3-18H,1-2H3;3-4H,1-2H3;3H2,1-2H3/b;4-3-;. The Morgan fingerprint density at radius 2 is 1.00 bits per heavy atom. The van der Waals surface area contributed by atoms with Crippen LogP contribution < -0.4 is 0 Å². The maximum atomic E-state index is 12.2. The third-order valence-corrected chi connectivity index (χ3v) is 7.08. The van der Waals surface area contributed by atoms with Gasteiger partial charge in [0.05, 0.1) is 11.4 Å². The molecule has 0 amide bonds. The first-order valence-electron chi connectivity index (χ1n) is 14.1. The second-order valence-corrected chi connectivity index (χ2v) is 11.2. The van der Waals surface area contributed by atoms with Gasteiger partial charge in [-0.2, -0.15) is 0 Å². The molecule has 0 unspecified atom stereocenters. The number of rotatable bonds is 5. The maximum Gasteiger partial charge on any atom is 0.229 e. The van der Waals surface area contributed by atoms with Crippen molar-refractivity contribution in [3.63, 3.8) is 0 Å². The zero-order valence-electron chi connectivity index (χ0n) is 25.5. The average Bonchev–Trinajstić information content (AvgIpc) is 3.69. The van der Waals surface area contributed by atoms with Gasteiger partial charge in [-0.05, 0) is 20.9 Å². The van der Waals surface area contributed by atoms with Crippen LogP contribution in [0.5, 0.6) is 0 Å². The van der Waals surface area contributed by atoms with Crippen LogP contribution in [0.15, 0.2) is 109 Å². The van der Waals surface area contributed by atoms with Crippen LogP contribution in [0.4, 0.5) is 0 Å². The van der Waals surface area contributed by atoms with Gasteiger partial charge >= 0.3 is 0 Å². The first-order valence-corrected chi connectivity index (χ1v) is 15.0. The zero-order valence-corrected chi connectivity index (χ0v) is 27.7. The van der Waals surface area contributed by atoms with E-state index in [1.807, 2.05) is 118 Å². The molecule has 5 aromatic rings. The van der Waals surface area contributed by atoms with E-state index in [0.717, 1.165) is 28.8 Å². The number of carbonyl (C=O) groups excluding carboxylic acids is 2. The molecule has 0 saturated heterocycles. The number of hydrogen-bond acceptors (Lipinski definition) is 5. The highest BCUT2D eigenvalue weighted by Gasteiger charge is 2.16. The van der Waals surface area contributed by atoms with Gasteiger partial charge in [0.25, 0.3) is 0 Å². The summed E-state index contributed by atoms with van der Waals surface area (Å²) in [5.41, 5.74) is 4.94. The SMILES string of the molecule is C/C=C\C.CC(=O)n1cc(-c2ccc(-c3cn(C(C)=O)c(-c4ccccc4)n3)cc2)nc1-c1ccccc1.CCN(C)I. The molecule has 0 radical (unpaired) electrons. The topological polar surface area (TPSA) is 73.0 Å². The molecule has 7 nitrogen and oxygen atoms in total. The first kappa shape index (κ1) is 33.4. The van der Waals surface area contributed by atoms with E-state index in [1.54, 1.807) is 21.5 Å². The van der Waals surface area contributed by atoms with Crippen LogP contribution in [0.2, 0.25) is 0 Å². The first-order chi connectivity index (χ1) is 20.7. The predicted octanol–water partition coefficient (Wildman–Crippen LogP) is 8.94. The number of nitrogens with zero attached hydrogens (tertiary/aromatic N) is 5. The highest BCUT2D eigenvalue weighted by atomic mass is 127. The number of aromatic nitrogens is 4. The summed E-state index contributed by atoms with van der Waals surface area (Å²) in [4.78, 5) is 33.9.